The van der Waals surface area contributed by atoms with Crippen molar-refractivity contribution in [2.75, 3.05) is 6.61 Å². The third-order valence-electron chi connectivity index (χ3n) is 9.99. The summed E-state index contributed by atoms with van der Waals surface area (Å²) in [5.41, 5.74) is 0. The van der Waals surface area contributed by atoms with Gasteiger partial charge in [0.2, 0.25) is 0 Å². The van der Waals surface area contributed by atoms with Crippen LogP contribution in [-0.2, 0) is 14.3 Å². The summed E-state index contributed by atoms with van der Waals surface area (Å²) in [5, 5.41) is 8.70. The monoisotopic (exact) mass is 609 g/mol. The summed E-state index contributed by atoms with van der Waals surface area (Å²) in [7, 11) is 0. The molecule has 0 saturated heterocycles. The van der Waals surface area contributed by atoms with Gasteiger partial charge in [-0.1, -0.05) is 170 Å². The van der Waals surface area contributed by atoms with Gasteiger partial charge in [0.1, 0.15) is 0 Å². The molecule has 4 atom stereocenters. The van der Waals surface area contributed by atoms with Gasteiger partial charge in [0.15, 0.2) is 0 Å². The van der Waals surface area contributed by atoms with E-state index >= 15 is 0 Å². The average molecular weight is 609 g/mol. The molecule has 0 amide bonds. The molecule has 4 heteroatoms. The number of unbranched alkanes of at least 4 members (excludes halogenated alkanes) is 14. The van der Waals surface area contributed by atoms with Crippen molar-refractivity contribution >= 4 is 11.9 Å². The molecule has 4 nitrogen and oxygen atoms in total. The summed E-state index contributed by atoms with van der Waals surface area (Å²) in [5.74, 6) is 1.84. The molecule has 0 radical (unpaired) electrons. The fourth-order valence-electron chi connectivity index (χ4n) is 6.60. The molecule has 0 spiro atoms. The molecule has 1 N–H and O–H groups in total. The molecule has 0 aliphatic rings. The maximum atomic E-state index is 13.5. The van der Waals surface area contributed by atoms with Crippen LogP contribution in [0.5, 0.6) is 0 Å². The molecule has 43 heavy (non-hydrogen) atoms. The maximum Gasteiger partial charge on any atom is 0.308 e. The van der Waals surface area contributed by atoms with Crippen LogP contribution in [-0.4, -0.2) is 23.7 Å². The number of carboxylic acids is 1. The van der Waals surface area contributed by atoms with Gasteiger partial charge in [-0.15, -0.1) is 0 Å². The van der Waals surface area contributed by atoms with Gasteiger partial charge in [0.05, 0.1) is 12.5 Å². The van der Waals surface area contributed by atoms with E-state index in [1.165, 1.54) is 122 Å². The summed E-state index contributed by atoms with van der Waals surface area (Å²) < 4.78 is 6.06. The first-order valence-corrected chi connectivity index (χ1v) is 19.2. The van der Waals surface area contributed by atoms with Crippen molar-refractivity contribution in [3.8, 4) is 0 Å². The lowest BCUT2D eigenvalue weighted by molar-refractivity contribution is -0.151. The molecule has 0 aromatic heterocycles. The van der Waals surface area contributed by atoms with E-state index in [0.29, 0.717) is 36.7 Å². The van der Waals surface area contributed by atoms with Gasteiger partial charge in [-0.2, -0.15) is 0 Å². The Hall–Kier alpha value is -1.06. The van der Waals surface area contributed by atoms with Crippen LogP contribution in [0.25, 0.3) is 0 Å². The molecular formula is C39H76O4. The second-order valence-electron chi connectivity index (χ2n) is 14.2. The molecule has 0 aliphatic heterocycles. The number of hydrogen-bond acceptors (Lipinski definition) is 3. The Labute approximate surface area is 269 Å². The lowest BCUT2D eigenvalue weighted by Gasteiger charge is -2.28. The standard InChI is InChI=1S/C39H76O4/c1-7-11-26-34(9-3)30-37(39(42)43-32-35(10-4)27-12-8-2)31-36(33(5)6)28-24-22-20-18-16-14-13-15-17-19-21-23-25-29-38(40)41/h33-37H,7-32H2,1-6H3,(H,40,41). The number of ether oxygens (including phenoxy) is 1. The molecule has 0 saturated carbocycles. The van der Waals surface area contributed by atoms with Crippen LogP contribution in [0, 0.1) is 29.6 Å². The highest BCUT2D eigenvalue weighted by atomic mass is 16.5. The van der Waals surface area contributed by atoms with Crippen LogP contribution in [0.1, 0.15) is 202 Å². The van der Waals surface area contributed by atoms with Crippen molar-refractivity contribution in [2.45, 2.75) is 202 Å². The quantitative estimate of drug-likeness (QED) is 0.0609. The number of hydrogen-bond donors (Lipinski definition) is 1. The zero-order valence-corrected chi connectivity index (χ0v) is 29.9. The molecule has 0 bridgehead atoms. The normalized spacial score (nSPS) is 14.5. The van der Waals surface area contributed by atoms with E-state index in [2.05, 4.69) is 41.5 Å². The highest BCUT2D eigenvalue weighted by molar-refractivity contribution is 5.72. The number of aliphatic carboxylic acids is 1. The van der Waals surface area contributed by atoms with Crippen LogP contribution in [0.2, 0.25) is 0 Å². The van der Waals surface area contributed by atoms with Crippen LogP contribution in [0.15, 0.2) is 0 Å². The second-order valence-corrected chi connectivity index (χ2v) is 14.2. The summed E-state index contributed by atoms with van der Waals surface area (Å²) in [6, 6.07) is 0. The van der Waals surface area contributed by atoms with Crippen molar-refractivity contribution in [1.82, 2.24) is 0 Å². The van der Waals surface area contributed by atoms with Crippen molar-refractivity contribution in [3.05, 3.63) is 0 Å². The minimum Gasteiger partial charge on any atom is -0.481 e. The molecule has 0 rings (SSSR count). The first kappa shape index (κ1) is 41.9. The summed E-state index contributed by atoms with van der Waals surface area (Å²) in [4.78, 5) is 24.1. The smallest absolute Gasteiger partial charge is 0.308 e. The molecule has 4 unspecified atom stereocenters. The molecule has 0 aromatic rings. The van der Waals surface area contributed by atoms with E-state index in [-0.39, 0.29) is 11.9 Å². The SMILES string of the molecule is CCCCC(CC)COC(=O)C(CC(CC)CCCC)CC(CCCCCCCCCCCCCCCC(=O)O)C(C)C. The minimum atomic E-state index is -0.665. The molecule has 0 fully saturated rings. The first-order valence-electron chi connectivity index (χ1n) is 19.2. The Morgan fingerprint density at radius 2 is 1.05 bits per heavy atom. The average Bonchev–Trinajstić information content (AvgIpc) is 2.99. The molecule has 0 aromatic carbocycles. The Bertz CT molecular complexity index is 631. The van der Waals surface area contributed by atoms with Crippen LogP contribution < -0.4 is 0 Å². The van der Waals surface area contributed by atoms with Gasteiger partial charge in [-0.3, -0.25) is 9.59 Å². The number of carbonyl (C=O) groups is 2. The van der Waals surface area contributed by atoms with Crippen LogP contribution in [0.3, 0.4) is 0 Å². The van der Waals surface area contributed by atoms with Crippen molar-refractivity contribution in [2.24, 2.45) is 29.6 Å². The topological polar surface area (TPSA) is 63.6 Å². The van der Waals surface area contributed by atoms with Gasteiger partial charge >= 0.3 is 11.9 Å². The maximum absolute atomic E-state index is 13.5. The highest BCUT2D eigenvalue weighted by Gasteiger charge is 2.28. The molecule has 256 valence electrons. The van der Waals surface area contributed by atoms with Crippen LogP contribution >= 0.6 is 0 Å². The van der Waals surface area contributed by atoms with Gasteiger partial charge in [-0.05, 0) is 49.4 Å². The zero-order chi connectivity index (χ0) is 32.1. The third kappa shape index (κ3) is 24.9. The number of carbonyl (C=O) groups excluding carboxylic acids is 1. The van der Waals surface area contributed by atoms with Crippen molar-refractivity contribution in [1.29, 1.82) is 0 Å². The van der Waals surface area contributed by atoms with Gasteiger partial charge in [-0.25, -0.2) is 0 Å². The third-order valence-corrected chi connectivity index (χ3v) is 9.99. The molecular weight excluding hydrogens is 532 g/mol. The lowest BCUT2D eigenvalue weighted by Crippen LogP contribution is -2.27. The second kappa shape index (κ2) is 29.6. The fraction of sp³-hybridized carbons (Fsp3) is 0.949. The van der Waals surface area contributed by atoms with Gasteiger partial charge < -0.3 is 9.84 Å². The van der Waals surface area contributed by atoms with Gasteiger partial charge in [0.25, 0.3) is 0 Å². The number of esters is 1. The molecule has 0 heterocycles. The van der Waals surface area contributed by atoms with Crippen LogP contribution in [0.4, 0.5) is 0 Å². The largest absolute Gasteiger partial charge is 0.481 e. The first-order chi connectivity index (χ1) is 20.8. The summed E-state index contributed by atoms with van der Waals surface area (Å²) >= 11 is 0. The van der Waals surface area contributed by atoms with Gasteiger partial charge in [0, 0.05) is 6.42 Å². The lowest BCUT2D eigenvalue weighted by atomic mass is 9.78. The predicted molar refractivity (Wildman–Crippen MR) is 186 cm³/mol. The number of rotatable bonds is 32. The number of carboxylic acid groups (broad SMARTS) is 1. The Morgan fingerprint density at radius 3 is 1.49 bits per heavy atom. The van der Waals surface area contributed by atoms with E-state index in [1.54, 1.807) is 0 Å². The summed E-state index contributed by atoms with van der Waals surface area (Å²) in [6.07, 6.45) is 29.5. The fourth-order valence-corrected chi connectivity index (χ4v) is 6.60. The van der Waals surface area contributed by atoms with E-state index in [0.717, 1.165) is 32.1 Å². The Balaban J connectivity index is 4.51. The van der Waals surface area contributed by atoms with Crippen molar-refractivity contribution < 1.29 is 19.4 Å². The van der Waals surface area contributed by atoms with E-state index in [9.17, 15) is 9.59 Å². The Morgan fingerprint density at radius 1 is 0.581 bits per heavy atom. The zero-order valence-electron chi connectivity index (χ0n) is 29.9. The van der Waals surface area contributed by atoms with E-state index < -0.39 is 5.97 Å². The minimum absolute atomic E-state index is 0.0580. The predicted octanol–water partition coefficient (Wildman–Crippen LogP) is 12.6. The van der Waals surface area contributed by atoms with Crippen molar-refractivity contribution in [3.63, 3.8) is 0 Å². The highest BCUT2D eigenvalue weighted by Crippen LogP contribution is 2.32. The summed E-state index contributed by atoms with van der Waals surface area (Å²) in [6.45, 7) is 14.4. The van der Waals surface area contributed by atoms with E-state index in [1.807, 2.05) is 0 Å². The molecule has 0 aliphatic carbocycles. The van der Waals surface area contributed by atoms with E-state index in [4.69, 9.17) is 9.84 Å². The Kier molecular flexibility index (Phi) is 28.9.